The highest BCUT2D eigenvalue weighted by Crippen LogP contribution is 2.28. The largest absolute Gasteiger partial charge is 0.355 e. The maximum atomic E-state index is 11.4. The number of hydrogen-bond acceptors (Lipinski definition) is 4. The number of carbonyl (C=O) groups excluding carboxylic acids is 1. The highest BCUT2D eigenvalue weighted by atomic mass is 35.5. The zero-order chi connectivity index (χ0) is 14.5. The van der Waals surface area contributed by atoms with Gasteiger partial charge >= 0.3 is 0 Å². The molecule has 1 amide bonds. The van der Waals surface area contributed by atoms with Crippen molar-refractivity contribution in [3.63, 3.8) is 0 Å². The van der Waals surface area contributed by atoms with Crippen LogP contribution in [0.15, 0.2) is 18.2 Å². The average Bonchev–Trinajstić information content (AvgIpc) is 3.23. The molecule has 0 heterocycles. The number of rotatable bonds is 7. The zero-order valence-electron chi connectivity index (χ0n) is 10.9. The molecule has 1 fully saturated rings. The van der Waals surface area contributed by atoms with Gasteiger partial charge in [-0.15, -0.1) is 0 Å². The predicted octanol–water partition coefficient (Wildman–Crippen LogP) is 1.86. The predicted molar refractivity (Wildman–Crippen MR) is 75.5 cm³/mol. The number of nitrogens with one attached hydrogen (secondary N) is 2. The smallest absolute Gasteiger partial charge is 0.275 e. The molecule has 0 atom stereocenters. The summed E-state index contributed by atoms with van der Waals surface area (Å²) < 4.78 is 0. The second-order valence-electron chi connectivity index (χ2n) is 4.74. The lowest BCUT2D eigenvalue weighted by Gasteiger charge is -2.08. The van der Waals surface area contributed by atoms with Gasteiger partial charge in [0, 0.05) is 31.6 Å². The lowest BCUT2D eigenvalue weighted by molar-refractivity contribution is -0.385. The lowest BCUT2D eigenvalue weighted by Crippen LogP contribution is -2.32. The van der Waals surface area contributed by atoms with E-state index in [1.54, 1.807) is 12.1 Å². The quantitative estimate of drug-likeness (QED) is 0.457. The molecule has 6 nitrogen and oxygen atoms in total. The van der Waals surface area contributed by atoms with Crippen molar-refractivity contribution in [2.45, 2.75) is 19.4 Å². The van der Waals surface area contributed by atoms with Gasteiger partial charge in [0.2, 0.25) is 5.91 Å². The molecular weight excluding hydrogens is 282 g/mol. The third-order valence-corrected chi connectivity index (χ3v) is 3.50. The molecule has 7 heteroatoms. The van der Waals surface area contributed by atoms with E-state index in [2.05, 4.69) is 10.6 Å². The fraction of sp³-hybridized carbons (Fsp3) is 0.462. The molecule has 0 unspecified atom stereocenters. The first-order chi connectivity index (χ1) is 9.59. The van der Waals surface area contributed by atoms with Gasteiger partial charge in [0.25, 0.3) is 5.69 Å². The van der Waals surface area contributed by atoms with Crippen LogP contribution in [-0.2, 0) is 11.3 Å². The van der Waals surface area contributed by atoms with Crippen LogP contribution in [0.2, 0.25) is 5.02 Å². The van der Waals surface area contributed by atoms with Crippen LogP contribution in [0.4, 0.5) is 5.69 Å². The number of amides is 1. The minimum Gasteiger partial charge on any atom is -0.355 e. The van der Waals surface area contributed by atoms with Crippen molar-refractivity contribution in [3.8, 4) is 0 Å². The Morgan fingerprint density at radius 1 is 1.40 bits per heavy atom. The van der Waals surface area contributed by atoms with Gasteiger partial charge in [-0.2, -0.15) is 0 Å². The minimum atomic E-state index is -0.447. The van der Waals surface area contributed by atoms with Gasteiger partial charge in [0.15, 0.2) is 0 Å². The molecule has 0 saturated heterocycles. The fourth-order valence-electron chi connectivity index (χ4n) is 1.87. The van der Waals surface area contributed by atoms with Crippen molar-refractivity contribution in [2.24, 2.45) is 5.92 Å². The summed E-state index contributed by atoms with van der Waals surface area (Å²) in [6.45, 7) is 1.35. The normalized spacial score (nSPS) is 14.1. The molecular formula is C13H16ClN3O3. The van der Waals surface area contributed by atoms with Crippen LogP contribution in [0.25, 0.3) is 0 Å². The van der Waals surface area contributed by atoms with Gasteiger partial charge in [0.05, 0.1) is 15.5 Å². The Morgan fingerprint density at radius 2 is 2.15 bits per heavy atom. The van der Waals surface area contributed by atoms with Crippen molar-refractivity contribution >= 4 is 23.2 Å². The summed E-state index contributed by atoms with van der Waals surface area (Å²) in [5.41, 5.74) is 0.472. The van der Waals surface area contributed by atoms with Crippen molar-refractivity contribution in [1.82, 2.24) is 10.6 Å². The van der Waals surface area contributed by atoms with Crippen LogP contribution in [0.5, 0.6) is 0 Å². The summed E-state index contributed by atoms with van der Waals surface area (Å²) in [5.74, 6) is 0.287. The Hall–Kier alpha value is -1.66. The first kappa shape index (κ1) is 14.7. The standard InChI is InChI=1S/C13H16ClN3O3/c14-11-2-1-3-12(17(19)20)10(11)8-15-6-7-16-13(18)9-4-5-9/h1-3,9,15H,4-8H2,(H,16,18). The lowest BCUT2D eigenvalue weighted by atomic mass is 10.2. The molecule has 1 aromatic rings. The molecule has 2 N–H and O–H groups in total. The molecule has 0 radical (unpaired) electrons. The van der Waals surface area contributed by atoms with E-state index in [1.165, 1.54) is 6.07 Å². The highest BCUT2D eigenvalue weighted by molar-refractivity contribution is 6.31. The van der Waals surface area contributed by atoms with Crippen molar-refractivity contribution in [1.29, 1.82) is 0 Å². The van der Waals surface area contributed by atoms with Crippen LogP contribution in [0.1, 0.15) is 18.4 Å². The molecule has 1 aliphatic carbocycles. The second kappa shape index (κ2) is 6.67. The summed E-state index contributed by atoms with van der Waals surface area (Å²) in [7, 11) is 0. The van der Waals surface area contributed by atoms with E-state index in [1.807, 2.05) is 0 Å². The van der Waals surface area contributed by atoms with Crippen molar-refractivity contribution < 1.29 is 9.72 Å². The van der Waals surface area contributed by atoms with Crippen LogP contribution < -0.4 is 10.6 Å². The van der Waals surface area contributed by atoms with Gasteiger partial charge in [0.1, 0.15) is 0 Å². The van der Waals surface area contributed by atoms with E-state index >= 15 is 0 Å². The summed E-state index contributed by atoms with van der Waals surface area (Å²) in [6.07, 6.45) is 1.95. The van der Waals surface area contributed by atoms with Gasteiger partial charge in [-0.25, -0.2) is 0 Å². The van der Waals surface area contributed by atoms with E-state index < -0.39 is 4.92 Å². The number of carbonyl (C=O) groups is 1. The van der Waals surface area contributed by atoms with Crippen LogP contribution in [0, 0.1) is 16.0 Å². The third-order valence-electron chi connectivity index (χ3n) is 3.14. The fourth-order valence-corrected chi connectivity index (χ4v) is 2.11. The van der Waals surface area contributed by atoms with Gasteiger partial charge in [-0.05, 0) is 18.9 Å². The van der Waals surface area contributed by atoms with Crippen LogP contribution in [-0.4, -0.2) is 23.9 Å². The molecule has 0 spiro atoms. The van der Waals surface area contributed by atoms with Gasteiger partial charge in [-0.3, -0.25) is 14.9 Å². The summed E-state index contributed by atoms with van der Waals surface area (Å²) in [6, 6.07) is 4.61. The molecule has 1 aromatic carbocycles. The Labute approximate surface area is 121 Å². The summed E-state index contributed by atoms with van der Waals surface area (Å²) >= 11 is 5.97. The molecule has 20 heavy (non-hydrogen) atoms. The monoisotopic (exact) mass is 297 g/mol. The Morgan fingerprint density at radius 3 is 2.80 bits per heavy atom. The number of benzene rings is 1. The average molecular weight is 298 g/mol. The third kappa shape index (κ3) is 3.91. The van der Waals surface area contributed by atoms with Crippen LogP contribution in [0.3, 0.4) is 0 Å². The number of nitrogens with zero attached hydrogens (tertiary/aromatic N) is 1. The molecule has 108 valence electrons. The number of hydrogen-bond donors (Lipinski definition) is 2. The van der Waals surface area contributed by atoms with Crippen molar-refractivity contribution in [2.75, 3.05) is 13.1 Å². The van der Waals surface area contributed by atoms with E-state index in [4.69, 9.17) is 11.6 Å². The molecule has 2 rings (SSSR count). The van der Waals surface area contributed by atoms with E-state index in [0.29, 0.717) is 30.2 Å². The maximum Gasteiger partial charge on any atom is 0.275 e. The molecule has 1 aliphatic rings. The van der Waals surface area contributed by atoms with Crippen molar-refractivity contribution in [3.05, 3.63) is 38.9 Å². The van der Waals surface area contributed by atoms with E-state index in [-0.39, 0.29) is 17.5 Å². The number of nitro groups is 1. The molecule has 1 saturated carbocycles. The Kier molecular flexibility index (Phi) is 4.92. The first-order valence-electron chi connectivity index (χ1n) is 6.50. The molecule has 0 aliphatic heterocycles. The van der Waals surface area contributed by atoms with Gasteiger partial charge < -0.3 is 10.6 Å². The second-order valence-corrected chi connectivity index (χ2v) is 5.14. The minimum absolute atomic E-state index is 0.00650. The number of nitro benzene ring substituents is 1. The van der Waals surface area contributed by atoms with Gasteiger partial charge in [-0.1, -0.05) is 17.7 Å². The SMILES string of the molecule is O=C(NCCNCc1c(Cl)cccc1[N+](=O)[O-])C1CC1. The van der Waals surface area contributed by atoms with E-state index in [0.717, 1.165) is 12.8 Å². The molecule has 0 aromatic heterocycles. The number of halogens is 1. The maximum absolute atomic E-state index is 11.4. The Balaban J connectivity index is 1.78. The topological polar surface area (TPSA) is 84.3 Å². The first-order valence-corrected chi connectivity index (χ1v) is 6.87. The van der Waals surface area contributed by atoms with Crippen LogP contribution >= 0.6 is 11.6 Å². The summed E-state index contributed by atoms with van der Waals surface area (Å²) in [5, 5.41) is 17.1. The highest BCUT2D eigenvalue weighted by Gasteiger charge is 2.28. The Bertz CT molecular complexity index is 518. The molecule has 0 bridgehead atoms. The van der Waals surface area contributed by atoms with E-state index in [9.17, 15) is 14.9 Å². The summed E-state index contributed by atoms with van der Waals surface area (Å²) in [4.78, 5) is 21.8. The zero-order valence-corrected chi connectivity index (χ0v) is 11.7.